The molecule has 1 heteroatoms. The third-order valence-electron chi connectivity index (χ3n) is 5.04. The second-order valence-electron chi connectivity index (χ2n) is 9.72. The van der Waals surface area contributed by atoms with Crippen LogP contribution in [0.3, 0.4) is 0 Å². The molecule has 0 bridgehead atoms. The molecular formula is C21H44O. The van der Waals surface area contributed by atoms with Gasteiger partial charge in [-0.15, -0.1) is 0 Å². The Morgan fingerprint density at radius 3 is 1.64 bits per heavy atom. The van der Waals surface area contributed by atoms with Crippen LogP contribution in [0.5, 0.6) is 0 Å². The van der Waals surface area contributed by atoms with Crippen LogP contribution in [0.1, 0.15) is 107 Å². The Labute approximate surface area is 141 Å². The first-order valence-corrected chi connectivity index (χ1v) is 9.60. The summed E-state index contributed by atoms with van der Waals surface area (Å²) in [7, 11) is 0. The molecule has 0 aromatic carbocycles. The molecule has 0 saturated heterocycles. The van der Waals surface area contributed by atoms with E-state index in [4.69, 9.17) is 4.74 Å². The first-order valence-electron chi connectivity index (χ1n) is 9.60. The minimum Gasteiger partial charge on any atom is -0.381 e. The van der Waals surface area contributed by atoms with Gasteiger partial charge in [0, 0.05) is 6.61 Å². The number of rotatable bonds is 11. The zero-order valence-corrected chi connectivity index (χ0v) is 17.0. The van der Waals surface area contributed by atoms with Crippen molar-refractivity contribution >= 4 is 0 Å². The molecule has 0 aliphatic rings. The molecule has 0 aromatic rings. The van der Waals surface area contributed by atoms with Gasteiger partial charge in [-0.2, -0.15) is 0 Å². The quantitative estimate of drug-likeness (QED) is 0.365. The minimum absolute atomic E-state index is 0.242. The molecule has 0 aromatic heterocycles. The van der Waals surface area contributed by atoms with Crippen molar-refractivity contribution in [3.63, 3.8) is 0 Å². The van der Waals surface area contributed by atoms with Gasteiger partial charge in [-0.3, -0.25) is 0 Å². The average molecular weight is 313 g/mol. The van der Waals surface area contributed by atoms with Crippen LogP contribution in [-0.4, -0.2) is 13.2 Å². The Hall–Kier alpha value is -0.0400. The van der Waals surface area contributed by atoms with Crippen molar-refractivity contribution in [2.75, 3.05) is 13.2 Å². The largest absolute Gasteiger partial charge is 0.381 e. The lowest BCUT2D eigenvalue weighted by molar-refractivity contribution is -0.0390. The SMILES string of the molecule is CCCCCCCCCOCC(C)(CC(C)(C)C)C(C)(C)C. The van der Waals surface area contributed by atoms with Crippen LogP contribution < -0.4 is 0 Å². The molecule has 1 atom stereocenters. The van der Waals surface area contributed by atoms with Crippen molar-refractivity contribution < 1.29 is 4.74 Å². The highest BCUT2D eigenvalue weighted by atomic mass is 16.5. The van der Waals surface area contributed by atoms with Crippen LogP contribution in [-0.2, 0) is 4.74 Å². The molecule has 1 unspecified atom stereocenters. The third-order valence-corrected chi connectivity index (χ3v) is 5.04. The molecule has 0 radical (unpaired) electrons. The zero-order chi connectivity index (χ0) is 17.3. The normalized spacial score (nSPS) is 15.8. The van der Waals surface area contributed by atoms with E-state index in [1.807, 2.05) is 0 Å². The van der Waals surface area contributed by atoms with Gasteiger partial charge in [0.25, 0.3) is 0 Å². The molecule has 0 amide bonds. The molecule has 0 rings (SSSR count). The molecule has 1 nitrogen and oxygen atoms in total. The van der Waals surface area contributed by atoms with Crippen LogP contribution in [0, 0.1) is 16.2 Å². The van der Waals surface area contributed by atoms with E-state index in [0.717, 1.165) is 13.2 Å². The molecule has 0 saturated carbocycles. The standard InChI is InChI=1S/C21H44O/c1-9-10-11-12-13-14-15-16-22-18-21(8,20(5,6)7)17-19(2,3)4/h9-18H2,1-8H3. The molecule has 0 fully saturated rings. The van der Waals surface area contributed by atoms with Gasteiger partial charge in [-0.25, -0.2) is 0 Å². The monoisotopic (exact) mass is 312 g/mol. The Kier molecular flexibility index (Phi) is 9.94. The van der Waals surface area contributed by atoms with Crippen LogP contribution >= 0.6 is 0 Å². The second-order valence-corrected chi connectivity index (χ2v) is 9.72. The predicted octanol–water partition coefficient (Wildman–Crippen LogP) is 7.24. The van der Waals surface area contributed by atoms with Gasteiger partial charge in [-0.1, -0.05) is 93.9 Å². The van der Waals surface area contributed by atoms with E-state index < -0.39 is 0 Å². The Morgan fingerprint density at radius 2 is 1.18 bits per heavy atom. The van der Waals surface area contributed by atoms with Gasteiger partial charge < -0.3 is 4.74 Å². The summed E-state index contributed by atoms with van der Waals surface area (Å²) in [5.74, 6) is 0. The summed E-state index contributed by atoms with van der Waals surface area (Å²) in [6.07, 6.45) is 10.7. The lowest BCUT2D eigenvalue weighted by Gasteiger charge is -2.45. The first kappa shape index (κ1) is 22.0. The lowest BCUT2D eigenvalue weighted by Crippen LogP contribution is -2.40. The van der Waals surface area contributed by atoms with Gasteiger partial charge in [0.2, 0.25) is 0 Å². The van der Waals surface area contributed by atoms with Gasteiger partial charge in [0.15, 0.2) is 0 Å². The summed E-state index contributed by atoms with van der Waals surface area (Å²) >= 11 is 0. The maximum absolute atomic E-state index is 6.10. The van der Waals surface area contributed by atoms with Crippen LogP contribution in [0.25, 0.3) is 0 Å². The van der Waals surface area contributed by atoms with Crippen LogP contribution in [0.15, 0.2) is 0 Å². The number of unbranched alkanes of at least 4 members (excludes halogenated alkanes) is 6. The van der Waals surface area contributed by atoms with E-state index in [0.29, 0.717) is 5.41 Å². The van der Waals surface area contributed by atoms with Gasteiger partial charge in [-0.05, 0) is 29.1 Å². The minimum atomic E-state index is 0.242. The Bertz CT molecular complexity index is 269. The molecule has 0 N–H and O–H groups in total. The van der Waals surface area contributed by atoms with Crippen LogP contribution in [0.4, 0.5) is 0 Å². The third kappa shape index (κ3) is 9.87. The van der Waals surface area contributed by atoms with E-state index in [2.05, 4.69) is 55.4 Å². The predicted molar refractivity (Wildman–Crippen MR) is 100 cm³/mol. The number of hydrogen-bond acceptors (Lipinski definition) is 1. The average Bonchev–Trinajstić information content (AvgIpc) is 2.33. The van der Waals surface area contributed by atoms with Gasteiger partial charge >= 0.3 is 0 Å². The summed E-state index contributed by atoms with van der Waals surface area (Å²) in [5.41, 5.74) is 0.872. The van der Waals surface area contributed by atoms with E-state index in [1.165, 1.54) is 51.4 Å². The van der Waals surface area contributed by atoms with Crippen molar-refractivity contribution in [1.29, 1.82) is 0 Å². The molecule has 0 aliphatic heterocycles. The second kappa shape index (κ2) is 9.96. The summed E-state index contributed by atoms with van der Waals surface area (Å²) in [5, 5.41) is 0. The maximum Gasteiger partial charge on any atom is 0.0524 e. The number of hydrogen-bond donors (Lipinski definition) is 0. The molecule has 0 spiro atoms. The summed E-state index contributed by atoms with van der Waals surface area (Å²) in [6.45, 7) is 20.6. The topological polar surface area (TPSA) is 9.23 Å². The summed E-state index contributed by atoms with van der Waals surface area (Å²) in [4.78, 5) is 0. The maximum atomic E-state index is 6.10. The highest BCUT2D eigenvalue weighted by molar-refractivity contribution is 4.89. The van der Waals surface area contributed by atoms with Crippen molar-refractivity contribution in [3.05, 3.63) is 0 Å². The van der Waals surface area contributed by atoms with E-state index in [9.17, 15) is 0 Å². The van der Waals surface area contributed by atoms with Gasteiger partial charge in [0.05, 0.1) is 6.61 Å². The molecule has 0 heterocycles. The van der Waals surface area contributed by atoms with E-state index in [-0.39, 0.29) is 10.8 Å². The molecule has 0 aliphatic carbocycles. The molecule has 134 valence electrons. The van der Waals surface area contributed by atoms with Crippen molar-refractivity contribution in [3.8, 4) is 0 Å². The summed E-state index contributed by atoms with van der Waals surface area (Å²) in [6, 6.07) is 0. The fraction of sp³-hybridized carbons (Fsp3) is 1.00. The first-order chi connectivity index (χ1) is 10.0. The molecular weight excluding hydrogens is 268 g/mol. The Morgan fingerprint density at radius 1 is 0.682 bits per heavy atom. The van der Waals surface area contributed by atoms with Gasteiger partial charge in [0.1, 0.15) is 0 Å². The van der Waals surface area contributed by atoms with Crippen molar-refractivity contribution in [1.82, 2.24) is 0 Å². The molecule has 22 heavy (non-hydrogen) atoms. The van der Waals surface area contributed by atoms with E-state index >= 15 is 0 Å². The zero-order valence-electron chi connectivity index (χ0n) is 17.0. The lowest BCUT2D eigenvalue weighted by atomic mass is 9.62. The van der Waals surface area contributed by atoms with Crippen molar-refractivity contribution in [2.24, 2.45) is 16.2 Å². The highest BCUT2D eigenvalue weighted by Gasteiger charge is 2.40. The van der Waals surface area contributed by atoms with Crippen molar-refractivity contribution in [2.45, 2.75) is 107 Å². The fourth-order valence-corrected chi connectivity index (χ4v) is 3.16. The Balaban J connectivity index is 4.01. The fourth-order valence-electron chi connectivity index (χ4n) is 3.16. The highest BCUT2D eigenvalue weighted by Crippen LogP contribution is 2.46. The van der Waals surface area contributed by atoms with E-state index in [1.54, 1.807) is 0 Å². The number of ether oxygens (including phenoxy) is 1. The smallest absolute Gasteiger partial charge is 0.0524 e. The van der Waals surface area contributed by atoms with Crippen LogP contribution in [0.2, 0.25) is 0 Å². The summed E-state index contributed by atoms with van der Waals surface area (Å²) < 4.78 is 6.10.